The molecule has 3 nitrogen and oxygen atoms in total. The van der Waals surface area contributed by atoms with Gasteiger partial charge in [0, 0.05) is 35.2 Å². The second kappa shape index (κ2) is 4.90. The molecule has 0 aliphatic carbocycles. The van der Waals surface area contributed by atoms with Crippen LogP contribution in [0.2, 0.25) is 5.02 Å². The SMILES string of the molecule is Clc1cc(NC2CCN3CCCC23)c2ncccc2c1. The van der Waals surface area contributed by atoms with Gasteiger partial charge in [-0.2, -0.15) is 0 Å². The molecule has 2 aromatic rings. The third-order valence-electron chi connectivity index (χ3n) is 4.62. The Morgan fingerprint density at radius 2 is 2.20 bits per heavy atom. The summed E-state index contributed by atoms with van der Waals surface area (Å²) in [4.78, 5) is 7.12. The normalized spacial score (nSPS) is 26.1. The van der Waals surface area contributed by atoms with Crippen LogP contribution in [0.15, 0.2) is 30.5 Å². The molecule has 1 aromatic carbocycles. The lowest BCUT2D eigenvalue weighted by Crippen LogP contribution is -2.33. The zero-order valence-corrected chi connectivity index (χ0v) is 12.1. The lowest BCUT2D eigenvalue weighted by Gasteiger charge is -2.23. The predicted octanol–water partition coefficient (Wildman–Crippen LogP) is 3.54. The van der Waals surface area contributed by atoms with E-state index < -0.39 is 0 Å². The molecule has 0 amide bonds. The van der Waals surface area contributed by atoms with Crippen molar-refractivity contribution in [2.24, 2.45) is 0 Å². The molecule has 1 N–H and O–H groups in total. The number of halogens is 1. The van der Waals surface area contributed by atoms with E-state index in [9.17, 15) is 0 Å². The minimum atomic E-state index is 0.529. The maximum Gasteiger partial charge on any atom is 0.0934 e. The molecule has 2 saturated heterocycles. The standard InChI is InChI=1S/C16H18ClN3/c17-12-9-11-3-1-6-18-16(11)14(10-12)19-13-5-8-20-7-2-4-15(13)20/h1,3,6,9-10,13,15,19H,2,4-5,7-8H2. The topological polar surface area (TPSA) is 28.2 Å². The van der Waals surface area contributed by atoms with E-state index in [0.717, 1.165) is 21.6 Å². The van der Waals surface area contributed by atoms with Gasteiger partial charge in [-0.3, -0.25) is 9.88 Å². The summed E-state index contributed by atoms with van der Waals surface area (Å²) in [7, 11) is 0. The van der Waals surface area contributed by atoms with Crippen molar-refractivity contribution < 1.29 is 0 Å². The van der Waals surface area contributed by atoms with Crippen molar-refractivity contribution in [3.05, 3.63) is 35.5 Å². The van der Waals surface area contributed by atoms with Gasteiger partial charge in [0.15, 0.2) is 0 Å². The largest absolute Gasteiger partial charge is 0.379 e. The fourth-order valence-corrected chi connectivity index (χ4v) is 3.94. The Bertz CT molecular complexity index is 643. The summed E-state index contributed by atoms with van der Waals surface area (Å²) in [5.41, 5.74) is 2.10. The third-order valence-corrected chi connectivity index (χ3v) is 4.83. The Morgan fingerprint density at radius 1 is 1.25 bits per heavy atom. The van der Waals surface area contributed by atoms with E-state index in [1.54, 1.807) is 0 Å². The molecular formula is C16H18ClN3. The van der Waals surface area contributed by atoms with Gasteiger partial charge in [0.25, 0.3) is 0 Å². The van der Waals surface area contributed by atoms with Gasteiger partial charge < -0.3 is 5.32 Å². The number of nitrogens with one attached hydrogen (secondary N) is 1. The first-order chi connectivity index (χ1) is 9.81. The quantitative estimate of drug-likeness (QED) is 0.916. The number of pyridine rings is 1. The smallest absolute Gasteiger partial charge is 0.0934 e. The van der Waals surface area contributed by atoms with E-state index in [2.05, 4.69) is 21.3 Å². The van der Waals surface area contributed by atoms with Crippen molar-refractivity contribution in [3.8, 4) is 0 Å². The summed E-state index contributed by atoms with van der Waals surface area (Å²) in [6.45, 7) is 2.48. The van der Waals surface area contributed by atoms with Crippen LogP contribution in [0, 0.1) is 0 Å². The van der Waals surface area contributed by atoms with Crippen LogP contribution in [0.1, 0.15) is 19.3 Å². The Labute approximate surface area is 123 Å². The minimum absolute atomic E-state index is 0.529. The number of anilines is 1. The number of hydrogen-bond acceptors (Lipinski definition) is 3. The Morgan fingerprint density at radius 3 is 3.15 bits per heavy atom. The average Bonchev–Trinajstić information content (AvgIpc) is 3.03. The van der Waals surface area contributed by atoms with Crippen molar-refractivity contribution in [2.75, 3.05) is 18.4 Å². The summed E-state index contributed by atoms with van der Waals surface area (Å²) in [5.74, 6) is 0. The van der Waals surface area contributed by atoms with Gasteiger partial charge in [0.2, 0.25) is 0 Å². The fourth-order valence-electron chi connectivity index (χ4n) is 3.72. The lowest BCUT2D eigenvalue weighted by molar-refractivity contribution is 0.318. The van der Waals surface area contributed by atoms with Gasteiger partial charge in [-0.25, -0.2) is 0 Å². The first kappa shape index (κ1) is 12.4. The van der Waals surface area contributed by atoms with Gasteiger partial charge in [0.05, 0.1) is 11.2 Å². The summed E-state index contributed by atoms with van der Waals surface area (Å²) < 4.78 is 0. The zero-order chi connectivity index (χ0) is 13.5. The monoisotopic (exact) mass is 287 g/mol. The molecule has 4 rings (SSSR count). The number of fused-ring (bicyclic) bond motifs is 2. The number of rotatable bonds is 2. The van der Waals surface area contributed by atoms with Gasteiger partial charge in [-0.05, 0) is 44.0 Å². The van der Waals surface area contributed by atoms with Crippen LogP contribution in [0.25, 0.3) is 10.9 Å². The second-order valence-corrected chi connectivity index (χ2v) is 6.25. The molecule has 4 heteroatoms. The number of aromatic nitrogens is 1. The molecule has 0 spiro atoms. The lowest BCUT2D eigenvalue weighted by atomic mass is 10.1. The highest BCUT2D eigenvalue weighted by Gasteiger charge is 2.37. The Kier molecular flexibility index (Phi) is 3.04. The number of nitrogens with zero attached hydrogens (tertiary/aromatic N) is 2. The molecular weight excluding hydrogens is 270 g/mol. The molecule has 20 heavy (non-hydrogen) atoms. The van der Waals surface area contributed by atoms with Gasteiger partial charge in [0.1, 0.15) is 0 Å². The first-order valence-corrected chi connectivity index (χ1v) is 7.74. The van der Waals surface area contributed by atoms with E-state index in [1.807, 2.05) is 24.4 Å². The van der Waals surface area contributed by atoms with Crippen LogP contribution in [-0.4, -0.2) is 35.1 Å². The van der Waals surface area contributed by atoms with Crippen molar-refractivity contribution >= 4 is 28.2 Å². The molecule has 2 unspecified atom stereocenters. The maximum atomic E-state index is 6.24. The summed E-state index contributed by atoms with van der Waals surface area (Å²) in [6, 6.07) is 9.22. The second-order valence-electron chi connectivity index (χ2n) is 5.81. The molecule has 3 heterocycles. The molecule has 2 atom stereocenters. The molecule has 2 aliphatic rings. The molecule has 104 valence electrons. The molecule has 2 fully saturated rings. The van der Waals surface area contributed by atoms with Crippen LogP contribution in [0.3, 0.4) is 0 Å². The molecule has 0 saturated carbocycles. The highest BCUT2D eigenvalue weighted by molar-refractivity contribution is 6.31. The molecule has 2 aliphatic heterocycles. The minimum Gasteiger partial charge on any atom is -0.379 e. The summed E-state index contributed by atoms with van der Waals surface area (Å²) in [6.07, 6.45) is 5.70. The van der Waals surface area contributed by atoms with Gasteiger partial charge in [-0.1, -0.05) is 17.7 Å². The Balaban J connectivity index is 1.68. The van der Waals surface area contributed by atoms with Gasteiger partial charge >= 0.3 is 0 Å². The average molecular weight is 288 g/mol. The summed E-state index contributed by atoms with van der Waals surface area (Å²) >= 11 is 6.24. The van der Waals surface area contributed by atoms with Crippen LogP contribution >= 0.6 is 11.6 Å². The summed E-state index contributed by atoms with van der Waals surface area (Å²) in [5, 5.41) is 5.58. The fraction of sp³-hybridized carbons (Fsp3) is 0.438. The predicted molar refractivity (Wildman–Crippen MR) is 83.4 cm³/mol. The van der Waals surface area contributed by atoms with Crippen LogP contribution in [0.5, 0.6) is 0 Å². The van der Waals surface area contributed by atoms with Crippen molar-refractivity contribution in [1.29, 1.82) is 0 Å². The van der Waals surface area contributed by atoms with Crippen LogP contribution in [0.4, 0.5) is 5.69 Å². The van der Waals surface area contributed by atoms with E-state index in [0.29, 0.717) is 12.1 Å². The Hall–Kier alpha value is -1.32. The molecule has 0 radical (unpaired) electrons. The van der Waals surface area contributed by atoms with E-state index >= 15 is 0 Å². The third kappa shape index (κ3) is 2.05. The van der Waals surface area contributed by atoms with Crippen molar-refractivity contribution in [3.63, 3.8) is 0 Å². The van der Waals surface area contributed by atoms with Gasteiger partial charge in [-0.15, -0.1) is 0 Å². The van der Waals surface area contributed by atoms with Crippen molar-refractivity contribution in [2.45, 2.75) is 31.3 Å². The highest BCUT2D eigenvalue weighted by Crippen LogP contribution is 2.33. The van der Waals surface area contributed by atoms with Crippen LogP contribution in [-0.2, 0) is 0 Å². The molecule has 1 aromatic heterocycles. The highest BCUT2D eigenvalue weighted by atomic mass is 35.5. The first-order valence-electron chi connectivity index (χ1n) is 7.36. The van der Waals surface area contributed by atoms with Crippen molar-refractivity contribution in [1.82, 2.24) is 9.88 Å². The zero-order valence-electron chi connectivity index (χ0n) is 11.3. The molecule has 0 bridgehead atoms. The van der Waals surface area contributed by atoms with E-state index in [4.69, 9.17) is 11.6 Å². The number of benzene rings is 1. The maximum absolute atomic E-state index is 6.24. The number of hydrogen-bond donors (Lipinski definition) is 1. The van der Waals surface area contributed by atoms with E-state index in [1.165, 1.54) is 32.4 Å². The van der Waals surface area contributed by atoms with E-state index in [-0.39, 0.29) is 0 Å². The van der Waals surface area contributed by atoms with Crippen LogP contribution < -0.4 is 5.32 Å².